The van der Waals surface area contributed by atoms with E-state index >= 15 is 0 Å². The summed E-state index contributed by atoms with van der Waals surface area (Å²) in [5.41, 5.74) is 3.53. The Hall–Kier alpha value is -3.12. The number of aromatic nitrogens is 3. The molecular formula is C17H11ClN4O2. The number of rotatable bonds is 3. The molecule has 0 aliphatic rings. The van der Waals surface area contributed by atoms with Crippen LogP contribution in [0.1, 0.15) is 0 Å². The molecule has 0 bridgehead atoms. The number of benzene rings is 2. The highest BCUT2D eigenvalue weighted by atomic mass is 35.5. The van der Waals surface area contributed by atoms with Gasteiger partial charge in [-0.05, 0) is 18.2 Å². The zero-order chi connectivity index (χ0) is 16.7. The van der Waals surface area contributed by atoms with Gasteiger partial charge in [0.15, 0.2) is 0 Å². The van der Waals surface area contributed by atoms with Gasteiger partial charge in [-0.25, -0.2) is 0 Å². The summed E-state index contributed by atoms with van der Waals surface area (Å²) in [6.07, 6.45) is 0. The van der Waals surface area contributed by atoms with Crippen molar-refractivity contribution in [1.29, 1.82) is 0 Å². The zero-order valence-electron chi connectivity index (χ0n) is 12.3. The number of nitro benzene ring substituents is 1. The Morgan fingerprint density at radius 3 is 2.67 bits per heavy atom. The number of halogens is 1. The Kier molecular flexibility index (Phi) is 3.32. The van der Waals surface area contributed by atoms with Gasteiger partial charge in [0.05, 0.1) is 27.0 Å². The van der Waals surface area contributed by atoms with Crippen LogP contribution < -0.4 is 0 Å². The lowest BCUT2D eigenvalue weighted by Crippen LogP contribution is -1.88. The van der Waals surface area contributed by atoms with E-state index in [9.17, 15) is 10.1 Å². The van der Waals surface area contributed by atoms with Crippen molar-refractivity contribution in [2.24, 2.45) is 0 Å². The minimum Gasteiger partial charge on any atom is -0.348 e. The van der Waals surface area contributed by atoms with E-state index in [1.807, 2.05) is 36.4 Å². The summed E-state index contributed by atoms with van der Waals surface area (Å²) in [6, 6.07) is 16.1. The van der Waals surface area contributed by atoms with Crippen molar-refractivity contribution in [2.45, 2.75) is 0 Å². The van der Waals surface area contributed by atoms with Crippen molar-refractivity contribution in [2.75, 3.05) is 0 Å². The first-order valence-electron chi connectivity index (χ1n) is 7.20. The van der Waals surface area contributed by atoms with E-state index in [1.165, 1.54) is 6.07 Å². The number of H-pyrrole nitrogens is 2. The molecule has 4 rings (SSSR count). The Morgan fingerprint density at radius 2 is 1.88 bits per heavy atom. The summed E-state index contributed by atoms with van der Waals surface area (Å²) < 4.78 is 0. The van der Waals surface area contributed by atoms with Gasteiger partial charge in [0, 0.05) is 17.0 Å². The molecule has 0 aliphatic carbocycles. The fraction of sp³-hybridized carbons (Fsp3) is 0. The number of hydrogen-bond acceptors (Lipinski definition) is 3. The average Bonchev–Trinajstić information content (AvgIpc) is 3.21. The maximum Gasteiger partial charge on any atom is 0.293 e. The van der Waals surface area contributed by atoms with Crippen molar-refractivity contribution in [1.82, 2.24) is 15.2 Å². The molecule has 0 saturated heterocycles. The summed E-state index contributed by atoms with van der Waals surface area (Å²) in [5, 5.41) is 19.8. The van der Waals surface area contributed by atoms with Crippen LogP contribution in [0.4, 0.5) is 5.69 Å². The van der Waals surface area contributed by atoms with Crippen molar-refractivity contribution in [3.63, 3.8) is 0 Å². The van der Waals surface area contributed by atoms with Gasteiger partial charge in [0.2, 0.25) is 0 Å². The smallest absolute Gasteiger partial charge is 0.293 e. The van der Waals surface area contributed by atoms with E-state index in [0.29, 0.717) is 16.2 Å². The Labute approximate surface area is 141 Å². The minimum absolute atomic E-state index is 0.0459. The minimum atomic E-state index is -0.398. The Balaban J connectivity index is 1.80. The van der Waals surface area contributed by atoms with Gasteiger partial charge in [-0.3, -0.25) is 15.2 Å². The molecule has 118 valence electrons. The highest BCUT2D eigenvalue weighted by Crippen LogP contribution is 2.32. The summed E-state index contributed by atoms with van der Waals surface area (Å²) >= 11 is 6.20. The van der Waals surface area contributed by atoms with Crippen molar-refractivity contribution < 1.29 is 4.92 Å². The van der Waals surface area contributed by atoms with E-state index in [-0.39, 0.29) is 5.69 Å². The Bertz CT molecular complexity index is 1070. The van der Waals surface area contributed by atoms with Crippen LogP contribution >= 0.6 is 11.6 Å². The average molecular weight is 339 g/mol. The number of para-hydroxylation sites is 1. The molecule has 7 heteroatoms. The van der Waals surface area contributed by atoms with Gasteiger partial charge in [0.1, 0.15) is 5.52 Å². The third-order valence-electron chi connectivity index (χ3n) is 3.85. The fourth-order valence-electron chi connectivity index (χ4n) is 2.70. The van der Waals surface area contributed by atoms with Crippen LogP contribution in [0.15, 0.2) is 54.6 Å². The molecule has 0 atom stereocenters. The molecule has 6 nitrogen and oxygen atoms in total. The molecule has 0 unspecified atom stereocenters. The van der Waals surface area contributed by atoms with E-state index in [1.54, 1.807) is 12.1 Å². The SMILES string of the molecule is O=[N+]([O-])c1cccc2cc(-c3cc(-c4ccccc4Cl)n[nH]3)[nH]c12. The lowest BCUT2D eigenvalue weighted by Gasteiger charge is -1.97. The van der Waals surface area contributed by atoms with Crippen molar-refractivity contribution >= 4 is 28.2 Å². The topological polar surface area (TPSA) is 87.6 Å². The van der Waals surface area contributed by atoms with Crippen LogP contribution in [0, 0.1) is 10.1 Å². The van der Waals surface area contributed by atoms with Crippen LogP contribution in [-0.4, -0.2) is 20.1 Å². The molecule has 2 heterocycles. The molecule has 0 saturated carbocycles. The summed E-state index contributed by atoms with van der Waals surface area (Å²) in [4.78, 5) is 13.8. The van der Waals surface area contributed by atoms with Crippen LogP contribution in [0.3, 0.4) is 0 Å². The van der Waals surface area contributed by atoms with E-state index < -0.39 is 4.92 Å². The number of hydrogen-bond donors (Lipinski definition) is 2. The standard InChI is InChI=1S/C17H11ClN4O2/c18-12-6-2-1-5-11(12)13-9-15(21-20-13)14-8-10-4-3-7-16(22(23)24)17(10)19-14/h1-9,19H,(H,20,21). The normalized spacial score (nSPS) is 11.0. The molecule has 0 aliphatic heterocycles. The second kappa shape index (κ2) is 5.50. The Morgan fingerprint density at radius 1 is 1.04 bits per heavy atom. The first-order valence-corrected chi connectivity index (χ1v) is 7.58. The number of nitrogens with one attached hydrogen (secondary N) is 2. The highest BCUT2D eigenvalue weighted by molar-refractivity contribution is 6.33. The lowest BCUT2D eigenvalue weighted by molar-refractivity contribution is -0.383. The van der Waals surface area contributed by atoms with E-state index in [2.05, 4.69) is 15.2 Å². The molecule has 0 radical (unpaired) electrons. The fourth-order valence-corrected chi connectivity index (χ4v) is 2.94. The number of non-ortho nitro benzene ring substituents is 1. The molecule has 0 fully saturated rings. The third kappa shape index (κ3) is 2.33. The van der Waals surface area contributed by atoms with Gasteiger partial charge in [-0.15, -0.1) is 0 Å². The van der Waals surface area contributed by atoms with Gasteiger partial charge in [0.25, 0.3) is 5.69 Å². The molecule has 0 amide bonds. The maximum atomic E-state index is 11.1. The second-order valence-corrected chi connectivity index (χ2v) is 5.74. The number of nitrogens with zero attached hydrogens (tertiary/aromatic N) is 2. The second-order valence-electron chi connectivity index (χ2n) is 5.33. The monoisotopic (exact) mass is 338 g/mol. The van der Waals surface area contributed by atoms with Crippen LogP contribution in [0.25, 0.3) is 33.5 Å². The molecule has 2 aromatic heterocycles. The van der Waals surface area contributed by atoms with Crippen LogP contribution in [0.5, 0.6) is 0 Å². The van der Waals surface area contributed by atoms with Crippen LogP contribution in [0.2, 0.25) is 5.02 Å². The molecule has 2 aromatic carbocycles. The maximum absolute atomic E-state index is 11.1. The largest absolute Gasteiger partial charge is 0.348 e. The van der Waals surface area contributed by atoms with E-state index in [4.69, 9.17) is 11.6 Å². The molecular weight excluding hydrogens is 328 g/mol. The number of aromatic amines is 2. The molecule has 2 N–H and O–H groups in total. The quantitative estimate of drug-likeness (QED) is 0.416. The lowest BCUT2D eigenvalue weighted by atomic mass is 10.1. The van der Waals surface area contributed by atoms with Gasteiger partial charge in [-0.1, -0.05) is 41.9 Å². The zero-order valence-corrected chi connectivity index (χ0v) is 13.0. The van der Waals surface area contributed by atoms with Crippen molar-refractivity contribution in [3.05, 3.63) is 69.7 Å². The van der Waals surface area contributed by atoms with Crippen molar-refractivity contribution in [3.8, 4) is 22.6 Å². The molecule has 0 spiro atoms. The predicted octanol–water partition coefficient (Wildman–Crippen LogP) is 4.79. The predicted molar refractivity (Wildman–Crippen MR) is 93.0 cm³/mol. The van der Waals surface area contributed by atoms with E-state index in [0.717, 1.165) is 22.3 Å². The summed E-state index contributed by atoms with van der Waals surface area (Å²) in [6.45, 7) is 0. The number of nitro groups is 1. The van der Waals surface area contributed by atoms with Gasteiger partial charge < -0.3 is 4.98 Å². The number of fused-ring (bicyclic) bond motifs is 1. The first kappa shape index (κ1) is 14.5. The van der Waals surface area contributed by atoms with Gasteiger partial charge >= 0.3 is 0 Å². The molecule has 4 aromatic rings. The highest BCUT2D eigenvalue weighted by Gasteiger charge is 2.16. The first-order chi connectivity index (χ1) is 11.6. The van der Waals surface area contributed by atoms with Gasteiger partial charge in [-0.2, -0.15) is 5.10 Å². The summed E-state index contributed by atoms with van der Waals surface area (Å²) in [5.74, 6) is 0. The van der Waals surface area contributed by atoms with Crippen LogP contribution in [-0.2, 0) is 0 Å². The third-order valence-corrected chi connectivity index (χ3v) is 4.18. The molecule has 24 heavy (non-hydrogen) atoms. The summed E-state index contributed by atoms with van der Waals surface area (Å²) in [7, 11) is 0.